The molecule has 4 saturated carbocycles. The van der Waals surface area contributed by atoms with Crippen molar-refractivity contribution in [1.82, 2.24) is 5.32 Å². The molecule has 4 N–H and O–H groups in total. The van der Waals surface area contributed by atoms with Gasteiger partial charge in [0.2, 0.25) is 0 Å². The van der Waals surface area contributed by atoms with Gasteiger partial charge >= 0.3 is 0 Å². The predicted molar refractivity (Wildman–Crippen MR) is 123 cm³/mol. The van der Waals surface area contributed by atoms with Gasteiger partial charge in [-0.15, -0.1) is 0 Å². The van der Waals surface area contributed by atoms with E-state index in [0.717, 1.165) is 57.4 Å². The highest BCUT2D eigenvalue weighted by Crippen LogP contribution is 2.68. The number of hydrogen-bond acceptors (Lipinski definition) is 4. The Morgan fingerprint density at radius 3 is 2.32 bits per heavy atom. The molecular weight excluding hydrogens is 386 g/mol. The molecule has 4 aliphatic carbocycles. The van der Waals surface area contributed by atoms with Crippen LogP contribution in [0.5, 0.6) is 0 Å². The fourth-order valence-electron chi connectivity index (χ4n) is 10.0. The summed E-state index contributed by atoms with van der Waals surface area (Å²) in [7, 11) is 0. The van der Waals surface area contributed by atoms with Gasteiger partial charge in [0.25, 0.3) is 0 Å². The number of aliphatic hydroxyl groups excluding tert-OH is 2. The van der Waals surface area contributed by atoms with Crippen molar-refractivity contribution in [2.45, 2.75) is 116 Å². The molecule has 0 bridgehead atoms. The van der Waals surface area contributed by atoms with Gasteiger partial charge < -0.3 is 20.6 Å². The molecule has 0 spiro atoms. The average molecular weight is 434 g/mol. The molecular formula is C27H47NO3. The van der Waals surface area contributed by atoms with E-state index >= 15 is 0 Å². The Balaban J connectivity index is 1.40. The van der Waals surface area contributed by atoms with E-state index in [2.05, 4.69) is 26.1 Å². The molecule has 0 amide bonds. The van der Waals surface area contributed by atoms with Gasteiger partial charge in [-0.3, -0.25) is 0 Å². The third-order valence-electron chi connectivity index (χ3n) is 11.7. The largest absolute Gasteiger partial charge is 0.393 e. The normalized spacial score (nSPS) is 56.8. The summed E-state index contributed by atoms with van der Waals surface area (Å²) in [4.78, 5) is 0. The maximum absolute atomic E-state index is 11.9. The summed E-state index contributed by atoms with van der Waals surface area (Å²) in [5.41, 5.74) is -0.492. The molecule has 12 atom stereocenters. The highest BCUT2D eigenvalue weighted by molar-refractivity contribution is 5.15. The number of fused-ring (bicyclic) bond motifs is 5. The Bertz CT molecular complexity index is 673. The van der Waals surface area contributed by atoms with Crippen LogP contribution < -0.4 is 5.32 Å². The lowest BCUT2D eigenvalue weighted by Gasteiger charge is -2.61. The quantitative estimate of drug-likeness (QED) is 0.529. The van der Waals surface area contributed by atoms with E-state index < -0.39 is 11.7 Å². The van der Waals surface area contributed by atoms with Crippen LogP contribution in [-0.2, 0) is 0 Å². The first-order valence-electron chi connectivity index (χ1n) is 13.4. The van der Waals surface area contributed by atoms with Gasteiger partial charge in [0, 0.05) is 12.0 Å². The van der Waals surface area contributed by atoms with E-state index in [0.29, 0.717) is 29.1 Å². The fraction of sp³-hybridized carbons (Fsp3) is 1.00. The minimum atomic E-state index is -0.869. The summed E-state index contributed by atoms with van der Waals surface area (Å²) in [5, 5.41) is 37.2. The van der Waals surface area contributed by atoms with Crippen molar-refractivity contribution in [2.75, 3.05) is 6.54 Å². The molecule has 31 heavy (non-hydrogen) atoms. The van der Waals surface area contributed by atoms with Gasteiger partial charge in [-0.2, -0.15) is 0 Å². The third-order valence-corrected chi connectivity index (χ3v) is 11.7. The van der Waals surface area contributed by atoms with Crippen LogP contribution >= 0.6 is 0 Å². The van der Waals surface area contributed by atoms with Crippen LogP contribution in [0.1, 0.15) is 91.9 Å². The van der Waals surface area contributed by atoms with E-state index in [1.54, 1.807) is 0 Å². The van der Waals surface area contributed by atoms with Crippen LogP contribution in [0, 0.1) is 46.3 Å². The zero-order valence-electron chi connectivity index (χ0n) is 20.3. The summed E-state index contributed by atoms with van der Waals surface area (Å²) in [5.74, 6) is 3.21. The minimum Gasteiger partial charge on any atom is -0.393 e. The first-order valence-corrected chi connectivity index (χ1v) is 13.4. The van der Waals surface area contributed by atoms with Crippen LogP contribution in [0.15, 0.2) is 0 Å². The lowest BCUT2D eigenvalue weighted by molar-refractivity contribution is -0.158. The molecule has 178 valence electrons. The van der Waals surface area contributed by atoms with Gasteiger partial charge in [0.15, 0.2) is 0 Å². The average Bonchev–Trinajstić information content (AvgIpc) is 2.99. The van der Waals surface area contributed by atoms with Gasteiger partial charge in [0.05, 0.1) is 17.8 Å². The van der Waals surface area contributed by atoms with Crippen LogP contribution in [-0.4, -0.2) is 45.7 Å². The summed E-state index contributed by atoms with van der Waals surface area (Å²) in [6, 6.07) is 0.0877. The van der Waals surface area contributed by atoms with Crippen molar-refractivity contribution in [1.29, 1.82) is 0 Å². The lowest BCUT2D eigenvalue weighted by atomic mass is 9.44. The second kappa shape index (κ2) is 7.68. The summed E-state index contributed by atoms with van der Waals surface area (Å²) in [6.45, 7) is 10.2. The standard InChI is InChI=1S/C27H47NO3/c1-16-5-8-23(28-15-16)27(4,31)24-22(30)14-21-19-7-6-17-13-18(29)9-11-25(17,2)20(19)10-12-26(21,24)3/h16-24,28-31H,5-15H2,1-4H3/t16?,17-,18-,19+,20-,21-,22+,23?,24-,25-,26-,27-/m0/s1. The van der Waals surface area contributed by atoms with Gasteiger partial charge in [-0.05, 0) is 118 Å². The number of rotatable bonds is 2. The van der Waals surface area contributed by atoms with Crippen LogP contribution in [0.3, 0.4) is 0 Å². The van der Waals surface area contributed by atoms with E-state index in [4.69, 9.17) is 0 Å². The third kappa shape index (κ3) is 3.37. The van der Waals surface area contributed by atoms with Crippen molar-refractivity contribution in [3.8, 4) is 0 Å². The molecule has 0 radical (unpaired) electrons. The molecule has 2 unspecified atom stereocenters. The molecule has 1 aliphatic heterocycles. The maximum atomic E-state index is 11.9. The molecule has 4 heteroatoms. The van der Waals surface area contributed by atoms with Crippen LogP contribution in [0.2, 0.25) is 0 Å². The number of nitrogens with one attached hydrogen (secondary N) is 1. The second-order valence-electron chi connectivity index (χ2n) is 13.3. The van der Waals surface area contributed by atoms with Crippen LogP contribution in [0.4, 0.5) is 0 Å². The molecule has 0 aromatic rings. The van der Waals surface area contributed by atoms with Gasteiger partial charge in [-0.25, -0.2) is 0 Å². The summed E-state index contributed by atoms with van der Waals surface area (Å²) < 4.78 is 0. The van der Waals surface area contributed by atoms with Gasteiger partial charge in [-0.1, -0.05) is 20.8 Å². The second-order valence-corrected chi connectivity index (χ2v) is 13.3. The maximum Gasteiger partial charge on any atom is 0.0829 e. The molecule has 0 aromatic heterocycles. The SMILES string of the molecule is CC1CCC([C@](C)(O)[C@H]2[C@H](O)C[C@H]3[C@@H]4CC[C@H]5C[C@@H](O)CC[C@]5(C)[C@H]4CC[C@@]32C)NC1. The number of piperidine rings is 1. The predicted octanol–water partition coefficient (Wildman–Crippen LogP) is 4.12. The topological polar surface area (TPSA) is 72.7 Å². The van der Waals surface area contributed by atoms with Crippen LogP contribution in [0.25, 0.3) is 0 Å². The first kappa shape index (κ1) is 22.6. The summed E-state index contributed by atoms with van der Waals surface area (Å²) in [6.07, 6.45) is 10.5. The summed E-state index contributed by atoms with van der Waals surface area (Å²) >= 11 is 0. The fourth-order valence-corrected chi connectivity index (χ4v) is 10.0. The Morgan fingerprint density at radius 1 is 0.871 bits per heavy atom. The molecule has 1 heterocycles. The van der Waals surface area contributed by atoms with E-state index in [-0.39, 0.29) is 23.5 Å². The Kier molecular flexibility index (Phi) is 5.61. The molecule has 5 aliphatic rings. The Labute approximate surface area is 189 Å². The number of hydrogen-bond donors (Lipinski definition) is 4. The highest BCUT2D eigenvalue weighted by atomic mass is 16.3. The van der Waals surface area contributed by atoms with Crippen molar-refractivity contribution in [3.63, 3.8) is 0 Å². The van der Waals surface area contributed by atoms with E-state index in [9.17, 15) is 15.3 Å². The Hall–Kier alpha value is -0.160. The smallest absolute Gasteiger partial charge is 0.0829 e. The number of aliphatic hydroxyl groups is 3. The van der Waals surface area contributed by atoms with E-state index in [1.165, 1.54) is 19.3 Å². The monoisotopic (exact) mass is 433 g/mol. The van der Waals surface area contributed by atoms with Crippen molar-refractivity contribution in [2.24, 2.45) is 46.3 Å². The highest BCUT2D eigenvalue weighted by Gasteiger charge is 2.65. The van der Waals surface area contributed by atoms with Crippen molar-refractivity contribution in [3.05, 3.63) is 0 Å². The Morgan fingerprint density at radius 2 is 1.61 bits per heavy atom. The molecule has 1 saturated heterocycles. The van der Waals surface area contributed by atoms with Crippen molar-refractivity contribution < 1.29 is 15.3 Å². The molecule has 5 fully saturated rings. The molecule has 0 aromatic carbocycles. The van der Waals surface area contributed by atoms with E-state index in [1.807, 2.05) is 6.92 Å². The molecule has 5 rings (SSSR count). The zero-order chi connectivity index (χ0) is 22.2. The minimum absolute atomic E-state index is 0.0200. The zero-order valence-corrected chi connectivity index (χ0v) is 20.3. The van der Waals surface area contributed by atoms with Crippen molar-refractivity contribution >= 4 is 0 Å². The first-order chi connectivity index (χ1) is 14.6. The van der Waals surface area contributed by atoms with Gasteiger partial charge in [0.1, 0.15) is 0 Å². The molecule has 4 nitrogen and oxygen atoms in total. The lowest BCUT2D eigenvalue weighted by Crippen LogP contribution is -2.62.